The third-order valence-corrected chi connectivity index (χ3v) is 6.73. The number of imide groups is 1. The van der Waals surface area contributed by atoms with Crippen LogP contribution in [0.4, 0.5) is 16.2 Å². The molecule has 0 aliphatic carbocycles. The number of hydrogen-bond donors (Lipinski definition) is 1. The number of carbonyl (C=O) groups is 2. The number of amides is 2. The summed E-state index contributed by atoms with van der Waals surface area (Å²) in [6.07, 6.45) is 1.48. The molecule has 184 valence electrons. The molecule has 1 heterocycles. The fourth-order valence-electron chi connectivity index (χ4n) is 3.78. The molecule has 7 nitrogen and oxygen atoms in total. The van der Waals surface area contributed by atoms with Gasteiger partial charge in [-0.25, -0.2) is 0 Å². The van der Waals surface area contributed by atoms with Crippen molar-refractivity contribution < 1.29 is 19.4 Å². The van der Waals surface area contributed by atoms with E-state index in [4.69, 9.17) is 16.3 Å². The smallest absolute Gasteiger partial charge is 0.293 e. The van der Waals surface area contributed by atoms with Crippen LogP contribution in [0, 0.1) is 0 Å². The van der Waals surface area contributed by atoms with Gasteiger partial charge in [-0.2, -0.15) is 10.2 Å². The van der Waals surface area contributed by atoms with Crippen molar-refractivity contribution in [2.45, 2.75) is 0 Å². The number of aromatic hydroxyl groups is 1. The Balaban J connectivity index is 1.28. The largest absolute Gasteiger partial charge is 0.507 e. The molecule has 9 heteroatoms. The van der Waals surface area contributed by atoms with Crippen molar-refractivity contribution in [1.82, 2.24) is 4.90 Å². The van der Waals surface area contributed by atoms with E-state index < -0.39 is 11.1 Å². The standard InChI is InChI=1S/C28H20ClN3O4S/c29-20-7-4-8-21(17-20)30-31-22-11-12-24(33)19(15-22)16-26-27(34)32(28(35)37-26)13-14-36-25-10-3-6-18-5-1-2-9-23(18)25/h1-12,15-17,33H,13-14H2/b26-16-,31-30?. The first-order valence-electron chi connectivity index (χ1n) is 11.3. The molecular formula is C28H20ClN3O4S. The van der Waals surface area contributed by atoms with Gasteiger partial charge < -0.3 is 9.84 Å². The zero-order valence-corrected chi connectivity index (χ0v) is 20.9. The number of thioether (sulfide) groups is 1. The van der Waals surface area contributed by atoms with Crippen LogP contribution < -0.4 is 4.74 Å². The molecule has 2 amide bonds. The number of hydrogen-bond acceptors (Lipinski definition) is 7. The average molecular weight is 530 g/mol. The molecule has 1 aliphatic heterocycles. The second-order valence-corrected chi connectivity index (χ2v) is 9.51. The number of nitrogens with zero attached hydrogens (tertiary/aromatic N) is 3. The molecule has 0 atom stereocenters. The monoisotopic (exact) mass is 529 g/mol. The molecule has 1 aliphatic rings. The molecule has 0 radical (unpaired) electrons. The molecule has 0 unspecified atom stereocenters. The van der Waals surface area contributed by atoms with E-state index >= 15 is 0 Å². The highest BCUT2D eigenvalue weighted by atomic mass is 35.5. The summed E-state index contributed by atoms with van der Waals surface area (Å²) in [7, 11) is 0. The fraction of sp³-hybridized carbons (Fsp3) is 0.0714. The van der Waals surface area contributed by atoms with Crippen molar-refractivity contribution in [2.75, 3.05) is 13.2 Å². The van der Waals surface area contributed by atoms with Crippen molar-refractivity contribution in [2.24, 2.45) is 10.2 Å². The second kappa shape index (κ2) is 10.9. The minimum absolute atomic E-state index is 0.0483. The Labute approximate surface area is 222 Å². The maximum absolute atomic E-state index is 12.9. The van der Waals surface area contributed by atoms with Gasteiger partial charge in [-0.1, -0.05) is 54.1 Å². The molecule has 4 aromatic carbocycles. The summed E-state index contributed by atoms with van der Waals surface area (Å²) in [5.41, 5.74) is 1.39. The Bertz CT molecular complexity index is 1570. The van der Waals surface area contributed by atoms with Gasteiger partial charge in [0, 0.05) is 16.0 Å². The summed E-state index contributed by atoms with van der Waals surface area (Å²) < 4.78 is 5.89. The summed E-state index contributed by atoms with van der Waals surface area (Å²) in [6, 6.07) is 25.2. The summed E-state index contributed by atoms with van der Waals surface area (Å²) in [4.78, 5) is 26.8. The molecule has 37 heavy (non-hydrogen) atoms. The van der Waals surface area contributed by atoms with Crippen molar-refractivity contribution in [3.05, 3.63) is 100 Å². The van der Waals surface area contributed by atoms with Gasteiger partial charge in [-0.05, 0) is 65.7 Å². The van der Waals surface area contributed by atoms with Gasteiger partial charge in [-0.15, -0.1) is 0 Å². The van der Waals surface area contributed by atoms with Crippen molar-refractivity contribution in [3.8, 4) is 11.5 Å². The zero-order chi connectivity index (χ0) is 25.8. The average Bonchev–Trinajstić information content (AvgIpc) is 3.16. The lowest BCUT2D eigenvalue weighted by Gasteiger charge is -2.14. The van der Waals surface area contributed by atoms with E-state index in [1.54, 1.807) is 36.4 Å². The van der Waals surface area contributed by atoms with E-state index in [1.165, 1.54) is 12.1 Å². The molecule has 0 saturated carbocycles. The predicted molar refractivity (Wildman–Crippen MR) is 146 cm³/mol. The number of halogens is 1. The van der Waals surface area contributed by atoms with Gasteiger partial charge in [0.2, 0.25) is 0 Å². The molecule has 1 fully saturated rings. The third-order valence-electron chi connectivity index (χ3n) is 5.58. The number of rotatable bonds is 7. The highest BCUT2D eigenvalue weighted by molar-refractivity contribution is 8.18. The van der Waals surface area contributed by atoms with Gasteiger partial charge in [0.1, 0.15) is 18.1 Å². The first kappa shape index (κ1) is 24.5. The summed E-state index contributed by atoms with van der Waals surface area (Å²) in [5, 5.41) is 20.8. The molecule has 4 aromatic rings. The van der Waals surface area contributed by atoms with Crippen LogP contribution >= 0.6 is 23.4 Å². The fourth-order valence-corrected chi connectivity index (χ4v) is 4.82. The van der Waals surface area contributed by atoms with Crippen LogP contribution in [0.1, 0.15) is 5.56 Å². The van der Waals surface area contributed by atoms with Gasteiger partial charge in [0.05, 0.1) is 22.8 Å². The molecule has 0 spiro atoms. The number of fused-ring (bicyclic) bond motifs is 1. The molecule has 5 rings (SSSR count). The molecule has 0 aromatic heterocycles. The lowest BCUT2D eigenvalue weighted by Crippen LogP contribution is -2.32. The van der Waals surface area contributed by atoms with Crippen LogP contribution in [0.5, 0.6) is 11.5 Å². The number of benzene rings is 4. The van der Waals surface area contributed by atoms with Gasteiger partial charge in [0.15, 0.2) is 0 Å². The third kappa shape index (κ3) is 5.66. The molecule has 1 N–H and O–H groups in total. The number of phenolic OH excluding ortho intramolecular Hbond substituents is 1. The van der Waals surface area contributed by atoms with Crippen LogP contribution in [0.25, 0.3) is 16.8 Å². The van der Waals surface area contributed by atoms with Gasteiger partial charge in [0.25, 0.3) is 11.1 Å². The number of ether oxygens (including phenoxy) is 1. The van der Waals surface area contributed by atoms with Crippen LogP contribution in [-0.2, 0) is 4.79 Å². The lowest BCUT2D eigenvalue weighted by atomic mass is 10.1. The second-order valence-electron chi connectivity index (χ2n) is 8.08. The van der Waals surface area contributed by atoms with Crippen molar-refractivity contribution in [1.29, 1.82) is 0 Å². The molecule has 0 bridgehead atoms. The lowest BCUT2D eigenvalue weighted by molar-refractivity contribution is -0.123. The molecule has 1 saturated heterocycles. The Hall–Kier alpha value is -4.14. The topological polar surface area (TPSA) is 91.6 Å². The van der Waals surface area contributed by atoms with E-state index in [1.807, 2.05) is 42.5 Å². The Morgan fingerprint density at radius 1 is 0.919 bits per heavy atom. The van der Waals surface area contributed by atoms with Gasteiger partial charge >= 0.3 is 0 Å². The summed E-state index contributed by atoms with van der Waals surface area (Å²) >= 11 is 6.79. The van der Waals surface area contributed by atoms with Crippen LogP contribution in [0.3, 0.4) is 0 Å². The number of carbonyl (C=O) groups excluding carboxylic acids is 2. The van der Waals surface area contributed by atoms with Crippen LogP contribution in [0.15, 0.2) is 100 Å². The van der Waals surface area contributed by atoms with Crippen LogP contribution in [0.2, 0.25) is 5.02 Å². The minimum Gasteiger partial charge on any atom is -0.507 e. The van der Waals surface area contributed by atoms with Crippen molar-refractivity contribution in [3.63, 3.8) is 0 Å². The van der Waals surface area contributed by atoms with E-state index in [2.05, 4.69) is 10.2 Å². The maximum Gasteiger partial charge on any atom is 0.293 e. The van der Waals surface area contributed by atoms with Gasteiger partial charge in [-0.3, -0.25) is 14.5 Å². The Morgan fingerprint density at radius 3 is 2.51 bits per heavy atom. The maximum atomic E-state index is 12.9. The summed E-state index contributed by atoms with van der Waals surface area (Å²) in [5.74, 6) is 0.198. The summed E-state index contributed by atoms with van der Waals surface area (Å²) in [6.45, 7) is 0.259. The van der Waals surface area contributed by atoms with Crippen molar-refractivity contribution >= 4 is 62.7 Å². The van der Waals surface area contributed by atoms with E-state index in [0.29, 0.717) is 27.7 Å². The SMILES string of the molecule is O=C1S/C(=C\c2cc(N=Nc3cccc(Cl)c3)ccc2O)C(=O)N1CCOc1cccc2ccccc12. The quantitative estimate of drug-likeness (QED) is 0.195. The normalized spacial score (nSPS) is 14.8. The van der Waals surface area contributed by atoms with E-state index in [0.717, 1.165) is 27.4 Å². The first-order valence-corrected chi connectivity index (χ1v) is 12.5. The highest BCUT2D eigenvalue weighted by Gasteiger charge is 2.35. The minimum atomic E-state index is -0.443. The zero-order valence-electron chi connectivity index (χ0n) is 19.4. The number of azo groups is 1. The van der Waals surface area contributed by atoms with E-state index in [9.17, 15) is 14.7 Å². The Kier molecular flexibility index (Phi) is 7.20. The van der Waals surface area contributed by atoms with Crippen LogP contribution in [-0.4, -0.2) is 34.3 Å². The van der Waals surface area contributed by atoms with E-state index in [-0.39, 0.29) is 23.8 Å². The Morgan fingerprint density at radius 2 is 1.68 bits per heavy atom. The molecular weight excluding hydrogens is 510 g/mol. The first-order chi connectivity index (χ1) is 18.0. The highest BCUT2D eigenvalue weighted by Crippen LogP contribution is 2.35. The number of phenols is 1. The predicted octanol–water partition coefficient (Wildman–Crippen LogP) is 7.73.